The van der Waals surface area contributed by atoms with E-state index in [2.05, 4.69) is 56.2 Å². The zero-order chi connectivity index (χ0) is 22.6. The van der Waals surface area contributed by atoms with Gasteiger partial charge in [0.25, 0.3) is 0 Å². The Morgan fingerprint density at radius 2 is 1.72 bits per heavy atom. The zero-order valence-corrected chi connectivity index (χ0v) is 21.2. The number of hydrogen-bond donors (Lipinski definition) is 0. The molecule has 1 aliphatic heterocycles. The van der Waals surface area contributed by atoms with Crippen LogP contribution in [0.1, 0.15) is 38.1 Å². The maximum atomic E-state index is 6.18. The summed E-state index contributed by atoms with van der Waals surface area (Å²) in [6, 6.07) is 0. The Labute approximate surface area is 199 Å². The molecule has 0 radical (unpaired) electrons. The number of aromatic nitrogens is 6. The monoisotopic (exact) mass is 486 g/mol. The molecule has 10 heteroatoms. The van der Waals surface area contributed by atoms with Gasteiger partial charge in [0.1, 0.15) is 4.83 Å². The van der Waals surface area contributed by atoms with Crippen LogP contribution in [-0.2, 0) is 17.8 Å². The van der Waals surface area contributed by atoms with Crippen molar-refractivity contribution in [2.75, 3.05) is 11.5 Å². The summed E-state index contributed by atoms with van der Waals surface area (Å²) >= 11 is 5.04. The maximum absolute atomic E-state index is 6.18. The standard InChI is InChI=1S/C22H26N6OS3/c1-11(2)9-30-21-25-23-18-17-14-7-15(13(5)6)29-8-16(14)32-19(17)28-20(27(18)21)24-26-22(28)31-10-12(3)4/h13,15H,1,3,7-10H2,2,4-6H3. The maximum Gasteiger partial charge on any atom is 0.245 e. The first-order valence-corrected chi connectivity index (χ1v) is 13.4. The van der Waals surface area contributed by atoms with E-state index in [-0.39, 0.29) is 6.10 Å². The summed E-state index contributed by atoms with van der Waals surface area (Å²) in [7, 11) is 0. The van der Waals surface area contributed by atoms with Crippen LogP contribution in [0, 0.1) is 5.92 Å². The summed E-state index contributed by atoms with van der Waals surface area (Å²) in [6.45, 7) is 17.2. The highest BCUT2D eigenvalue weighted by Crippen LogP contribution is 2.41. The van der Waals surface area contributed by atoms with Crippen LogP contribution in [0.15, 0.2) is 34.6 Å². The fourth-order valence-corrected chi connectivity index (χ4v) is 6.70. The fourth-order valence-electron chi connectivity index (χ4n) is 3.85. The van der Waals surface area contributed by atoms with Gasteiger partial charge in [-0.1, -0.05) is 61.7 Å². The number of nitrogens with zero attached hydrogens (tertiary/aromatic N) is 6. The lowest BCUT2D eigenvalue weighted by Gasteiger charge is -2.26. The molecule has 1 unspecified atom stereocenters. The summed E-state index contributed by atoms with van der Waals surface area (Å²) in [5, 5.41) is 21.1. The Hall–Kier alpha value is -1.88. The number of thiophene rings is 1. The Morgan fingerprint density at radius 1 is 1.06 bits per heavy atom. The summed E-state index contributed by atoms with van der Waals surface area (Å²) in [4.78, 5) is 2.37. The van der Waals surface area contributed by atoms with Crippen molar-refractivity contribution >= 4 is 56.5 Å². The van der Waals surface area contributed by atoms with Gasteiger partial charge in [0.05, 0.1) is 18.1 Å². The number of hydrogen-bond acceptors (Lipinski definition) is 8. The third-order valence-corrected chi connectivity index (χ3v) is 8.93. The van der Waals surface area contributed by atoms with Gasteiger partial charge in [-0.3, -0.25) is 0 Å². The van der Waals surface area contributed by atoms with Gasteiger partial charge in [-0.2, -0.15) is 0 Å². The third-order valence-electron chi connectivity index (χ3n) is 5.42. The molecule has 0 amide bonds. The number of fused-ring (bicyclic) bond motifs is 8. The van der Waals surface area contributed by atoms with Gasteiger partial charge in [-0.05, 0) is 25.3 Å². The fraction of sp³-hybridized carbons (Fsp3) is 0.455. The summed E-state index contributed by atoms with van der Waals surface area (Å²) in [5.74, 6) is 2.77. The smallest absolute Gasteiger partial charge is 0.245 e. The topological polar surface area (TPSA) is 69.6 Å². The predicted octanol–water partition coefficient (Wildman–Crippen LogP) is 5.42. The number of rotatable bonds is 7. The average molecular weight is 487 g/mol. The Kier molecular flexibility index (Phi) is 5.81. The molecule has 0 bridgehead atoms. The second-order valence-corrected chi connectivity index (χ2v) is 11.7. The molecule has 7 nitrogen and oxygen atoms in total. The van der Waals surface area contributed by atoms with Crippen LogP contribution in [0.2, 0.25) is 0 Å². The molecule has 0 N–H and O–H groups in total. The summed E-state index contributed by atoms with van der Waals surface area (Å²) in [5.41, 5.74) is 4.37. The van der Waals surface area contributed by atoms with Crippen molar-refractivity contribution < 1.29 is 4.74 Å². The lowest BCUT2D eigenvalue weighted by molar-refractivity contribution is 0.00203. The highest BCUT2D eigenvalue weighted by molar-refractivity contribution is 7.99. The zero-order valence-electron chi connectivity index (χ0n) is 18.7. The van der Waals surface area contributed by atoms with Crippen LogP contribution >= 0.6 is 34.9 Å². The second-order valence-electron chi connectivity index (χ2n) is 8.73. The van der Waals surface area contributed by atoms with E-state index in [4.69, 9.17) is 4.74 Å². The van der Waals surface area contributed by atoms with Crippen molar-refractivity contribution in [2.24, 2.45) is 5.92 Å². The van der Waals surface area contributed by atoms with E-state index in [0.717, 1.165) is 61.0 Å². The number of ether oxygens (including phenoxy) is 1. The molecule has 1 atom stereocenters. The van der Waals surface area contributed by atoms with Gasteiger partial charge in [-0.25, -0.2) is 8.80 Å². The van der Waals surface area contributed by atoms with Gasteiger partial charge in [0.2, 0.25) is 5.78 Å². The van der Waals surface area contributed by atoms with E-state index < -0.39 is 0 Å². The molecule has 32 heavy (non-hydrogen) atoms. The SMILES string of the molecule is C=C(C)CSc1nnc2c3c4c(sc3n3c(SCC(=C)C)nnc3n12)COC(C(C)C)C4. The van der Waals surface area contributed by atoms with Crippen LogP contribution in [0.25, 0.3) is 21.6 Å². The van der Waals surface area contributed by atoms with Crippen molar-refractivity contribution in [3.05, 3.63) is 34.7 Å². The first kappa shape index (κ1) is 21.9. The van der Waals surface area contributed by atoms with Crippen LogP contribution in [0.4, 0.5) is 0 Å². The predicted molar refractivity (Wildman–Crippen MR) is 133 cm³/mol. The molecule has 168 valence electrons. The van der Waals surface area contributed by atoms with Crippen molar-refractivity contribution in [1.29, 1.82) is 0 Å². The van der Waals surface area contributed by atoms with Gasteiger partial charge in [-0.15, -0.1) is 31.7 Å². The highest BCUT2D eigenvalue weighted by Gasteiger charge is 2.30. The molecule has 1 aliphatic rings. The first-order valence-electron chi connectivity index (χ1n) is 10.6. The van der Waals surface area contributed by atoms with Gasteiger partial charge in [0.15, 0.2) is 16.0 Å². The van der Waals surface area contributed by atoms with E-state index in [1.165, 1.54) is 10.4 Å². The average Bonchev–Trinajstić information content (AvgIpc) is 3.44. The highest BCUT2D eigenvalue weighted by atomic mass is 32.2. The normalized spacial score (nSPS) is 16.5. The molecule has 4 aromatic rings. The minimum Gasteiger partial charge on any atom is -0.372 e. The third kappa shape index (κ3) is 3.67. The molecule has 0 aromatic carbocycles. The van der Waals surface area contributed by atoms with Crippen LogP contribution in [0.3, 0.4) is 0 Å². The van der Waals surface area contributed by atoms with E-state index in [1.54, 1.807) is 34.9 Å². The van der Waals surface area contributed by atoms with E-state index in [9.17, 15) is 0 Å². The van der Waals surface area contributed by atoms with E-state index in [1.807, 2.05) is 13.8 Å². The Morgan fingerprint density at radius 3 is 2.38 bits per heavy atom. The minimum absolute atomic E-state index is 0.203. The van der Waals surface area contributed by atoms with Gasteiger partial charge >= 0.3 is 0 Å². The molecular weight excluding hydrogens is 460 g/mol. The van der Waals surface area contributed by atoms with E-state index >= 15 is 0 Å². The minimum atomic E-state index is 0.203. The van der Waals surface area contributed by atoms with Crippen molar-refractivity contribution in [3.8, 4) is 0 Å². The van der Waals surface area contributed by atoms with Crippen LogP contribution in [-0.4, -0.2) is 46.8 Å². The Balaban J connectivity index is 1.79. The second kappa shape index (κ2) is 8.48. The molecule has 0 saturated carbocycles. The van der Waals surface area contributed by atoms with Crippen molar-refractivity contribution in [2.45, 2.75) is 57.1 Å². The largest absolute Gasteiger partial charge is 0.372 e. The number of thioether (sulfide) groups is 2. The summed E-state index contributed by atoms with van der Waals surface area (Å²) < 4.78 is 10.4. The van der Waals surface area contributed by atoms with E-state index in [0.29, 0.717) is 12.5 Å². The molecule has 0 spiro atoms. The van der Waals surface area contributed by atoms with Crippen LogP contribution in [0.5, 0.6) is 0 Å². The molecule has 5 heterocycles. The lowest BCUT2D eigenvalue weighted by atomic mass is 9.96. The van der Waals surface area contributed by atoms with Gasteiger partial charge < -0.3 is 4.74 Å². The Bertz CT molecular complexity index is 1360. The quantitative estimate of drug-likeness (QED) is 0.255. The first-order chi connectivity index (χ1) is 15.3. The van der Waals surface area contributed by atoms with Crippen LogP contribution < -0.4 is 0 Å². The molecule has 0 fully saturated rings. The summed E-state index contributed by atoms with van der Waals surface area (Å²) in [6.07, 6.45) is 1.08. The lowest BCUT2D eigenvalue weighted by Crippen LogP contribution is -2.26. The van der Waals surface area contributed by atoms with Crippen molar-refractivity contribution in [3.63, 3.8) is 0 Å². The van der Waals surface area contributed by atoms with Crippen molar-refractivity contribution in [1.82, 2.24) is 29.2 Å². The molecule has 5 rings (SSSR count). The molecule has 4 aromatic heterocycles. The van der Waals surface area contributed by atoms with Gasteiger partial charge in [0, 0.05) is 22.8 Å². The molecular formula is C22H26N6OS3. The molecule has 0 aliphatic carbocycles. The molecule has 0 saturated heterocycles.